The van der Waals surface area contributed by atoms with E-state index in [1.807, 2.05) is 13.8 Å². The second-order valence-electron chi connectivity index (χ2n) is 7.32. The summed E-state index contributed by atoms with van der Waals surface area (Å²) in [7, 11) is -3.60. The van der Waals surface area contributed by atoms with Crippen LogP contribution in [-0.4, -0.2) is 38.3 Å². The third-order valence-corrected chi connectivity index (χ3v) is 7.18. The summed E-state index contributed by atoms with van der Waals surface area (Å²) in [5, 5.41) is 2.74. The van der Waals surface area contributed by atoms with Crippen LogP contribution in [0.1, 0.15) is 24.0 Å². The largest absolute Gasteiger partial charge is 0.435 e. The number of sulfonamides is 1. The molecule has 30 heavy (non-hydrogen) atoms. The Morgan fingerprint density at radius 1 is 1.07 bits per heavy atom. The Morgan fingerprint density at radius 3 is 2.27 bits per heavy atom. The van der Waals surface area contributed by atoms with Crippen LogP contribution in [0.15, 0.2) is 47.4 Å². The van der Waals surface area contributed by atoms with Gasteiger partial charge in [0.05, 0.1) is 4.90 Å². The van der Waals surface area contributed by atoms with Crippen molar-refractivity contribution in [3.63, 3.8) is 0 Å². The fourth-order valence-electron chi connectivity index (χ4n) is 3.35. The molecule has 1 amide bonds. The number of halogens is 2. The van der Waals surface area contributed by atoms with Gasteiger partial charge in [0.1, 0.15) is 5.75 Å². The average Bonchev–Trinajstić information content (AvgIpc) is 2.71. The van der Waals surface area contributed by atoms with Gasteiger partial charge in [0.15, 0.2) is 0 Å². The number of hydrogen-bond donors (Lipinski definition) is 1. The van der Waals surface area contributed by atoms with E-state index in [9.17, 15) is 22.0 Å². The molecule has 6 nitrogen and oxygen atoms in total. The van der Waals surface area contributed by atoms with Gasteiger partial charge in [-0.3, -0.25) is 4.79 Å². The highest BCUT2D eigenvalue weighted by Crippen LogP contribution is 2.26. The van der Waals surface area contributed by atoms with Crippen LogP contribution in [-0.2, 0) is 14.8 Å². The molecule has 3 rings (SSSR count). The lowest BCUT2D eigenvalue weighted by atomic mass is 9.97. The summed E-state index contributed by atoms with van der Waals surface area (Å²) in [6.45, 7) is 1.41. The Kier molecular flexibility index (Phi) is 6.72. The maximum atomic E-state index is 12.9. The van der Waals surface area contributed by atoms with Crippen LogP contribution in [0, 0.1) is 19.8 Å². The molecule has 2 aromatic carbocycles. The number of piperidine rings is 1. The van der Waals surface area contributed by atoms with Gasteiger partial charge in [0.25, 0.3) is 0 Å². The van der Waals surface area contributed by atoms with Crippen LogP contribution < -0.4 is 10.1 Å². The number of carbonyl (C=O) groups is 1. The van der Waals surface area contributed by atoms with Gasteiger partial charge in [-0.2, -0.15) is 13.1 Å². The van der Waals surface area contributed by atoms with Gasteiger partial charge in [-0.1, -0.05) is 6.07 Å². The van der Waals surface area contributed by atoms with E-state index in [2.05, 4.69) is 10.1 Å². The number of nitrogens with one attached hydrogen (secondary N) is 1. The molecule has 1 fully saturated rings. The van der Waals surface area contributed by atoms with Gasteiger partial charge in [0.2, 0.25) is 15.9 Å². The van der Waals surface area contributed by atoms with E-state index in [1.54, 1.807) is 18.2 Å². The number of carbonyl (C=O) groups excluding carboxylic acids is 1. The summed E-state index contributed by atoms with van der Waals surface area (Å²) < 4.78 is 55.9. The van der Waals surface area contributed by atoms with Gasteiger partial charge in [-0.25, -0.2) is 8.42 Å². The Labute approximate surface area is 174 Å². The van der Waals surface area contributed by atoms with E-state index in [4.69, 9.17) is 0 Å². The third-order valence-electron chi connectivity index (χ3n) is 5.29. The van der Waals surface area contributed by atoms with Crippen molar-refractivity contribution in [3.8, 4) is 5.75 Å². The Morgan fingerprint density at radius 2 is 1.70 bits per heavy atom. The zero-order valence-corrected chi connectivity index (χ0v) is 17.6. The van der Waals surface area contributed by atoms with Crippen molar-refractivity contribution in [1.29, 1.82) is 0 Å². The number of benzene rings is 2. The Balaban J connectivity index is 1.58. The van der Waals surface area contributed by atoms with Crippen LogP contribution in [0.4, 0.5) is 14.5 Å². The van der Waals surface area contributed by atoms with E-state index in [-0.39, 0.29) is 35.6 Å². The van der Waals surface area contributed by atoms with Crippen molar-refractivity contribution >= 4 is 21.6 Å². The van der Waals surface area contributed by atoms with Crippen LogP contribution in [0.25, 0.3) is 0 Å². The van der Waals surface area contributed by atoms with Crippen LogP contribution >= 0.6 is 0 Å². The summed E-state index contributed by atoms with van der Waals surface area (Å²) in [5.41, 5.74) is 2.40. The number of amides is 1. The number of nitrogens with zero attached hydrogens (tertiary/aromatic N) is 1. The van der Waals surface area contributed by atoms with E-state index >= 15 is 0 Å². The average molecular weight is 438 g/mol. The summed E-state index contributed by atoms with van der Waals surface area (Å²) in [4.78, 5) is 12.8. The standard InChI is InChI=1S/C21H24F2N2O4S/c1-14-3-8-19(13-15(14)2)30(27,28)25-11-9-16(10-12-25)20(26)24-17-4-6-18(7-5-17)29-21(22)23/h3-8,13,16,21H,9-12H2,1-2H3,(H,24,26). The molecular formula is C21H24F2N2O4S. The molecule has 1 N–H and O–H groups in total. The molecule has 0 saturated carbocycles. The van der Waals surface area contributed by atoms with Gasteiger partial charge in [-0.15, -0.1) is 0 Å². The molecule has 1 aliphatic rings. The molecule has 1 saturated heterocycles. The SMILES string of the molecule is Cc1ccc(S(=O)(=O)N2CCC(C(=O)Nc3ccc(OC(F)F)cc3)CC2)cc1C. The first-order valence-electron chi connectivity index (χ1n) is 9.60. The van der Waals surface area contributed by atoms with Crippen molar-refractivity contribution in [3.05, 3.63) is 53.6 Å². The number of hydrogen-bond acceptors (Lipinski definition) is 4. The normalized spacial score (nSPS) is 15.9. The van der Waals surface area contributed by atoms with Gasteiger partial charge in [0, 0.05) is 24.7 Å². The molecule has 162 valence electrons. The monoisotopic (exact) mass is 438 g/mol. The molecule has 0 spiro atoms. The molecule has 0 bridgehead atoms. The summed E-state index contributed by atoms with van der Waals surface area (Å²) in [6.07, 6.45) is 0.810. The maximum absolute atomic E-state index is 12.9. The van der Waals surface area contributed by atoms with E-state index < -0.39 is 16.6 Å². The third kappa shape index (κ3) is 5.14. The maximum Gasteiger partial charge on any atom is 0.387 e. The fourth-order valence-corrected chi connectivity index (χ4v) is 4.90. The van der Waals surface area contributed by atoms with Crippen LogP contribution in [0.5, 0.6) is 5.75 Å². The predicted octanol–water partition coefficient (Wildman–Crippen LogP) is 3.94. The van der Waals surface area contributed by atoms with Gasteiger partial charge in [-0.05, 0) is 74.2 Å². The molecule has 0 aliphatic carbocycles. The molecule has 0 atom stereocenters. The molecule has 9 heteroatoms. The van der Waals surface area contributed by atoms with Crippen molar-refractivity contribution in [2.24, 2.45) is 5.92 Å². The summed E-state index contributed by atoms with van der Waals surface area (Å²) >= 11 is 0. The molecule has 0 radical (unpaired) electrons. The molecule has 1 heterocycles. The van der Waals surface area contributed by atoms with E-state index in [1.165, 1.54) is 28.6 Å². The zero-order valence-electron chi connectivity index (χ0n) is 16.8. The first-order chi connectivity index (χ1) is 14.2. The van der Waals surface area contributed by atoms with Crippen LogP contribution in [0.3, 0.4) is 0 Å². The minimum absolute atomic E-state index is 0.00727. The second kappa shape index (κ2) is 9.09. The summed E-state index contributed by atoms with van der Waals surface area (Å²) in [5.74, 6) is -0.540. The lowest BCUT2D eigenvalue weighted by molar-refractivity contribution is -0.120. The molecule has 2 aromatic rings. The molecule has 0 aromatic heterocycles. The number of rotatable bonds is 6. The topological polar surface area (TPSA) is 75.7 Å². The number of ether oxygens (including phenoxy) is 1. The highest BCUT2D eigenvalue weighted by molar-refractivity contribution is 7.89. The summed E-state index contributed by atoms with van der Waals surface area (Å²) in [6, 6.07) is 10.7. The van der Waals surface area contributed by atoms with Crippen molar-refractivity contribution in [2.45, 2.75) is 38.2 Å². The smallest absolute Gasteiger partial charge is 0.387 e. The highest BCUT2D eigenvalue weighted by Gasteiger charge is 2.32. The van der Waals surface area contributed by atoms with E-state index in [0.717, 1.165) is 11.1 Å². The second-order valence-corrected chi connectivity index (χ2v) is 9.25. The van der Waals surface area contributed by atoms with Gasteiger partial charge < -0.3 is 10.1 Å². The number of aryl methyl sites for hydroxylation is 2. The molecule has 0 unspecified atom stereocenters. The lowest BCUT2D eigenvalue weighted by Gasteiger charge is -2.30. The zero-order chi connectivity index (χ0) is 21.9. The van der Waals surface area contributed by atoms with Crippen molar-refractivity contribution in [2.75, 3.05) is 18.4 Å². The Bertz CT molecular complexity index is 1000. The minimum Gasteiger partial charge on any atom is -0.435 e. The van der Waals surface area contributed by atoms with Crippen LogP contribution in [0.2, 0.25) is 0 Å². The molecular weight excluding hydrogens is 414 g/mol. The highest BCUT2D eigenvalue weighted by atomic mass is 32.2. The van der Waals surface area contributed by atoms with Crippen molar-refractivity contribution in [1.82, 2.24) is 4.31 Å². The predicted molar refractivity (Wildman–Crippen MR) is 109 cm³/mol. The van der Waals surface area contributed by atoms with Gasteiger partial charge >= 0.3 is 6.61 Å². The fraction of sp³-hybridized carbons (Fsp3) is 0.381. The lowest BCUT2D eigenvalue weighted by Crippen LogP contribution is -2.41. The molecule has 1 aliphatic heterocycles. The quantitative estimate of drug-likeness (QED) is 0.741. The van der Waals surface area contributed by atoms with Crippen molar-refractivity contribution < 1.29 is 26.7 Å². The number of anilines is 1. The number of alkyl halides is 2. The Hall–Kier alpha value is -2.52. The minimum atomic E-state index is -3.60. The van der Waals surface area contributed by atoms with E-state index in [0.29, 0.717) is 18.5 Å². The first kappa shape index (κ1) is 22.2. The first-order valence-corrected chi connectivity index (χ1v) is 11.0.